The monoisotopic (exact) mass is 417 g/mol. The maximum atomic E-state index is 12.9. The van der Waals surface area contributed by atoms with E-state index >= 15 is 0 Å². The van der Waals surface area contributed by atoms with Crippen LogP contribution < -0.4 is 15.6 Å². The number of rotatable bonds is 6. The van der Waals surface area contributed by atoms with Crippen LogP contribution in [0, 0.1) is 0 Å². The Labute approximate surface area is 177 Å². The van der Waals surface area contributed by atoms with Gasteiger partial charge in [-0.15, -0.1) is 11.3 Å². The third kappa shape index (κ3) is 4.31. The highest BCUT2D eigenvalue weighted by molar-refractivity contribution is 7.13. The Hall–Kier alpha value is -3.71. The van der Waals surface area contributed by atoms with E-state index in [1.165, 1.54) is 22.1 Å². The first-order valence-corrected chi connectivity index (χ1v) is 10.3. The van der Waals surface area contributed by atoms with Gasteiger partial charge in [0.1, 0.15) is 17.5 Å². The Morgan fingerprint density at radius 3 is 2.53 bits per heavy atom. The summed E-state index contributed by atoms with van der Waals surface area (Å²) in [5.74, 6) is 0.808. The molecular formula is C23H19N3O3S. The highest BCUT2D eigenvalue weighted by Gasteiger charge is 2.20. The van der Waals surface area contributed by atoms with Crippen molar-refractivity contribution in [3.63, 3.8) is 0 Å². The normalized spacial score (nSPS) is 11.6. The number of benzene rings is 2. The molecule has 1 atom stereocenters. The van der Waals surface area contributed by atoms with E-state index < -0.39 is 6.04 Å². The average molecular weight is 417 g/mol. The molecule has 0 saturated carbocycles. The zero-order chi connectivity index (χ0) is 20.9. The molecule has 0 bridgehead atoms. The first kappa shape index (κ1) is 19.6. The fourth-order valence-electron chi connectivity index (χ4n) is 2.88. The topological polar surface area (TPSA) is 73.2 Å². The molecule has 0 aliphatic heterocycles. The molecule has 150 valence electrons. The smallest absolute Gasteiger partial charge is 0.267 e. The lowest BCUT2D eigenvalue weighted by molar-refractivity contribution is -0.119. The van der Waals surface area contributed by atoms with Crippen molar-refractivity contribution in [3.8, 4) is 22.1 Å². The minimum atomic E-state index is -0.804. The van der Waals surface area contributed by atoms with E-state index in [1.54, 1.807) is 31.2 Å². The number of aromatic nitrogens is 2. The molecule has 4 aromatic rings. The van der Waals surface area contributed by atoms with Crippen LogP contribution in [0.5, 0.6) is 11.5 Å². The van der Waals surface area contributed by atoms with E-state index in [1.807, 2.05) is 53.9 Å². The molecule has 1 unspecified atom stereocenters. The minimum absolute atomic E-state index is 0.341. The Bertz CT molecular complexity index is 1200. The molecule has 0 fully saturated rings. The molecule has 0 radical (unpaired) electrons. The molecule has 7 heteroatoms. The van der Waals surface area contributed by atoms with Gasteiger partial charge in [-0.2, -0.15) is 5.10 Å². The van der Waals surface area contributed by atoms with Crippen molar-refractivity contribution in [2.75, 3.05) is 5.32 Å². The third-order valence-corrected chi connectivity index (χ3v) is 5.35. The quantitative estimate of drug-likeness (QED) is 0.481. The Balaban J connectivity index is 1.56. The number of carbonyl (C=O) groups is 1. The predicted molar refractivity (Wildman–Crippen MR) is 118 cm³/mol. The number of nitrogens with one attached hydrogen (secondary N) is 1. The number of hydrogen-bond acceptors (Lipinski definition) is 5. The van der Waals surface area contributed by atoms with Crippen LogP contribution in [0.1, 0.15) is 13.0 Å². The lowest BCUT2D eigenvalue weighted by Gasteiger charge is -2.16. The number of nitrogens with zero attached hydrogens (tertiary/aromatic N) is 2. The second kappa shape index (κ2) is 8.75. The van der Waals surface area contributed by atoms with Crippen LogP contribution in [0.25, 0.3) is 10.6 Å². The van der Waals surface area contributed by atoms with Crippen molar-refractivity contribution in [2.24, 2.45) is 0 Å². The summed E-state index contributed by atoms with van der Waals surface area (Å²) in [6, 6.07) is 22.6. The van der Waals surface area contributed by atoms with E-state index in [0.717, 1.165) is 4.88 Å². The van der Waals surface area contributed by atoms with Crippen molar-refractivity contribution < 1.29 is 9.53 Å². The van der Waals surface area contributed by atoms with E-state index in [0.29, 0.717) is 22.9 Å². The number of carbonyl (C=O) groups excluding carboxylic acids is 1. The van der Waals surface area contributed by atoms with E-state index in [4.69, 9.17) is 4.74 Å². The summed E-state index contributed by atoms with van der Waals surface area (Å²) < 4.78 is 7.09. The molecule has 2 aromatic heterocycles. The summed E-state index contributed by atoms with van der Waals surface area (Å²) in [7, 11) is 0. The number of para-hydroxylation sites is 3. The maximum absolute atomic E-state index is 12.9. The van der Waals surface area contributed by atoms with Crippen LogP contribution in [0.15, 0.2) is 89.0 Å². The summed E-state index contributed by atoms with van der Waals surface area (Å²) in [6.45, 7) is 1.64. The van der Waals surface area contributed by atoms with Gasteiger partial charge in [0, 0.05) is 6.07 Å². The van der Waals surface area contributed by atoms with Gasteiger partial charge in [0.25, 0.3) is 5.56 Å². The van der Waals surface area contributed by atoms with Crippen molar-refractivity contribution in [2.45, 2.75) is 13.0 Å². The molecular weight excluding hydrogens is 398 g/mol. The second-order valence-corrected chi connectivity index (χ2v) is 7.50. The van der Waals surface area contributed by atoms with Crippen LogP contribution in [0.4, 0.5) is 5.69 Å². The molecule has 0 aliphatic carbocycles. The highest BCUT2D eigenvalue weighted by Crippen LogP contribution is 2.29. The fourth-order valence-corrected chi connectivity index (χ4v) is 3.57. The molecule has 30 heavy (non-hydrogen) atoms. The van der Waals surface area contributed by atoms with Crippen LogP contribution in [0.2, 0.25) is 0 Å². The minimum Gasteiger partial charge on any atom is -0.455 e. The maximum Gasteiger partial charge on any atom is 0.267 e. The molecule has 1 N–H and O–H groups in total. The Morgan fingerprint density at radius 2 is 1.77 bits per heavy atom. The molecule has 6 nitrogen and oxygen atoms in total. The van der Waals surface area contributed by atoms with Gasteiger partial charge in [-0.05, 0) is 48.7 Å². The van der Waals surface area contributed by atoms with Gasteiger partial charge in [0.2, 0.25) is 5.91 Å². The van der Waals surface area contributed by atoms with Gasteiger partial charge >= 0.3 is 0 Å². The SMILES string of the molecule is CC(C(=O)Nc1ccccc1Oc1ccccc1)n1nc(-c2cccs2)ccc1=O. The lowest BCUT2D eigenvalue weighted by Crippen LogP contribution is -2.33. The Kier molecular flexibility index (Phi) is 5.72. The van der Waals surface area contributed by atoms with Crippen LogP contribution >= 0.6 is 11.3 Å². The van der Waals surface area contributed by atoms with E-state index in [-0.39, 0.29) is 11.5 Å². The van der Waals surface area contributed by atoms with Crippen LogP contribution in [0.3, 0.4) is 0 Å². The fraction of sp³-hybridized carbons (Fsp3) is 0.0870. The number of hydrogen-bond donors (Lipinski definition) is 1. The summed E-state index contributed by atoms with van der Waals surface area (Å²) in [5, 5.41) is 9.18. The third-order valence-electron chi connectivity index (χ3n) is 4.46. The molecule has 2 heterocycles. The summed E-state index contributed by atoms with van der Waals surface area (Å²) >= 11 is 1.52. The standard InChI is InChI=1S/C23H19N3O3S/c1-16(26-22(27)14-13-19(25-26)21-12-7-15-30-21)23(28)24-18-10-5-6-11-20(18)29-17-8-3-2-4-9-17/h2-16H,1H3,(H,24,28). The number of amides is 1. The number of thiophene rings is 1. The predicted octanol–water partition coefficient (Wildman–Crippen LogP) is 4.96. The van der Waals surface area contributed by atoms with Crippen molar-refractivity contribution in [1.82, 2.24) is 9.78 Å². The number of anilines is 1. The first-order valence-electron chi connectivity index (χ1n) is 9.38. The van der Waals surface area contributed by atoms with Crippen LogP contribution in [-0.4, -0.2) is 15.7 Å². The summed E-state index contributed by atoms with van der Waals surface area (Å²) in [6.07, 6.45) is 0. The largest absolute Gasteiger partial charge is 0.455 e. The Morgan fingerprint density at radius 1 is 1.00 bits per heavy atom. The van der Waals surface area contributed by atoms with Gasteiger partial charge < -0.3 is 10.1 Å². The average Bonchev–Trinajstić information content (AvgIpc) is 3.31. The van der Waals surface area contributed by atoms with Crippen molar-refractivity contribution >= 4 is 22.9 Å². The zero-order valence-corrected chi connectivity index (χ0v) is 17.0. The van der Waals surface area contributed by atoms with Crippen molar-refractivity contribution in [1.29, 1.82) is 0 Å². The lowest BCUT2D eigenvalue weighted by atomic mass is 10.2. The summed E-state index contributed by atoms with van der Waals surface area (Å²) in [5.41, 5.74) is 0.824. The molecule has 1 amide bonds. The highest BCUT2D eigenvalue weighted by atomic mass is 32.1. The second-order valence-electron chi connectivity index (χ2n) is 6.56. The molecule has 2 aromatic carbocycles. The molecule has 4 rings (SSSR count). The van der Waals surface area contributed by atoms with Gasteiger partial charge in [0.05, 0.1) is 10.6 Å². The van der Waals surface area contributed by atoms with E-state index in [2.05, 4.69) is 10.4 Å². The molecule has 0 saturated heterocycles. The van der Waals surface area contributed by atoms with Gasteiger partial charge in [-0.3, -0.25) is 9.59 Å². The summed E-state index contributed by atoms with van der Waals surface area (Å²) in [4.78, 5) is 26.2. The molecule has 0 aliphatic rings. The first-order chi connectivity index (χ1) is 14.6. The van der Waals surface area contributed by atoms with E-state index in [9.17, 15) is 9.59 Å². The van der Waals surface area contributed by atoms with Gasteiger partial charge in [-0.25, -0.2) is 4.68 Å². The number of ether oxygens (including phenoxy) is 1. The van der Waals surface area contributed by atoms with Crippen molar-refractivity contribution in [3.05, 3.63) is 94.6 Å². The zero-order valence-electron chi connectivity index (χ0n) is 16.2. The van der Waals surface area contributed by atoms with Gasteiger partial charge in [-0.1, -0.05) is 36.4 Å². The van der Waals surface area contributed by atoms with Gasteiger partial charge in [0.15, 0.2) is 5.75 Å². The molecule has 0 spiro atoms. The van der Waals surface area contributed by atoms with Crippen LogP contribution in [-0.2, 0) is 4.79 Å².